The minimum Gasteiger partial charge on any atom is -0.481 e. The Morgan fingerprint density at radius 3 is 2.37 bits per heavy atom. The van der Waals surface area contributed by atoms with Crippen molar-refractivity contribution in [2.45, 2.75) is 12.8 Å². The van der Waals surface area contributed by atoms with Crippen molar-refractivity contribution in [1.82, 2.24) is 0 Å². The molecule has 1 heterocycles. The zero-order valence-corrected chi connectivity index (χ0v) is 10.1. The molecule has 0 aromatic heterocycles. The van der Waals surface area contributed by atoms with Gasteiger partial charge in [0.25, 0.3) is 0 Å². The van der Waals surface area contributed by atoms with Crippen LogP contribution in [0.2, 0.25) is 0 Å². The Labute approximate surface area is 110 Å². The number of carboxylic acid groups (broad SMARTS) is 2. The zero-order valence-electron chi connectivity index (χ0n) is 10.1. The fourth-order valence-electron chi connectivity index (χ4n) is 1.25. The second-order valence-corrected chi connectivity index (χ2v) is 3.61. The molecule has 0 radical (unpaired) electrons. The SMILES string of the molecule is C1=CNc2ccccc2C=N1.O=C(O)CCC(=O)O. The number of aliphatic imine (C=N–C) groups is 1. The highest BCUT2D eigenvalue weighted by Gasteiger charge is 2.00. The van der Waals surface area contributed by atoms with Gasteiger partial charge in [-0.3, -0.25) is 14.6 Å². The first-order valence-corrected chi connectivity index (χ1v) is 5.57. The van der Waals surface area contributed by atoms with Crippen LogP contribution in [0.25, 0.3) is 0 Å². The van der Waals surface area contributed by atoms with E-state index in [0.29, 0.717) is 0 Å². The summed E-state index contributed by atoms with van der Waals surface area (Å²) in [6.45, 7) is 0. The van der Waals surface area contributed by atoms with Crippen LogP contribution in [0.3, 0.4) is 0 Å². The Bertz CT molecular complexity index is 495. The molecule has 0 amide bonds. The third-order valence-electron chi connectivity index (χ3n) is 2.13. The molecule has 1 aromatic rings. The van der Waals surface area contributed by atoms with Crippen molar-refractivity contribution in [3.63, 3.8) is 0 Å². The van der Waals surface area contributed by atoms with E-state index in [1.807, 2.05) is 36.7 Å². The number of fused-ring (bicyclic) bond motifs is 1. The minimum atomic E-state index is -1.08. The van der Waals surface area contributed by atoms with E-state index in [1.54, 1.807) is 6.20 Å². The van der Waals surface area contributed by atoms with E-state index in [0.717, 1.165) is 11.3 Å². The van der Waals surface area contributed by atoms with Gasteiger partial charge in [0.2, 0.25) is 0 Å². The normalized spacial score (nSPS) is 11.4. The number of hydrogen-bond acceptors (Lipinski definition) is 4. The summed E-state index contributed by atoms with van der Waals surface area (Å²) < 4.78 is 0. The van der Waals surface area contributed by atoms with Gasteiger partial charge in [0, 0.05) is 29.9 Å². The van der Waals surface area contributed by atoms with E-state index >= 15 is 0 Å². The molecule has 19 heavy (non-hydrogen) atoms. The molecule has 2 rings (SSSR count). The first-order valence-electron chi connectivity index (χ1n) is 5.57. The molecule has 0 bridgehead atoms. The topological polar surface area (TPSA) is 99.0 Å². The second-order valence-electron chi connectivity index (χ2n) is 3.61. The predicted molar refractivity (Wildman–Crippen MR) is 71.3 cm³/mol. The molecule has 0 saturated carbocycles. The van der Waals surface area contributed by atoms with Gasteiger partial charge in [0.05, 0.1) is 12.8 Å². The van der Waals surface area contributed by atoms with Crippen molar-refractivity contribution < 1.29 is 19.8 Å². The van der Waals surface area contributed by atoms with E-state index < -0.39 is 11.9 Å². The molecule has 0 atom stereocenters. The average molecular weight is 262 g/mol. The maximum Gasteiger partial charge on any atom is 0.303 e. The molecule has 6 heteroatoms. The van der Waals surface area contributed by atoms with Gasteiger partial charge in [0.1, 0.15) is 0 Å². The first kappa shape index (κ1) is 14.4. The van der Waals surface area contributed by atoms with Crippen LogP contribution in [-0.4, -0.2) is 28.4 Å². The molecule has 0 spiro atoms. The van der Waals surface area contributed by atoms with E-state index in [4.69, 9.17) is 10.2 Å². The number of carbonyl (C=O) groups is 2. The molecule has 0 saturated heterocycles. The number of nitrogens with zero attached hydrogens (tertiary/aromatic N) is 1. The molecule has 1 aliphatic rings. The van der Waals surface area contributed by atoms with Crippen molar-refractivity contribution in [2.75, 3.05) is 5.32 Å². The summed E-state index contributed by atoms with van der Waals surface area (Å²) in [7, 11) is 0. The smallest absolute Gasteiger partial charge is 0.303 e. The van der Waals surface area contributed by atoms with Gasteiger partial charge in [-0.05, 0) is 6.07 Å². The van der Waals surface area contributed by atoms with Gasteiger partial charge in [-0.15, -0.1) is 0 Å². The summed E-state index contributed by atoms with van der Waals surface area (Å²) in [6.07, 6.45) is 4.80. The van der Waals surface area contributed by atoms with Crippen LogP contribution in [0.4, 0.5) is 5.69 Å². The maximum atomic E-state index is 9.64. The minimum absolute atomic E-state index is 0.296. The highest BCUT2D eigenvalue weighted by molar-refractivity contribution is 5.88. The first-order chi connectivity index (χ1) is 9.09. The number of hydrogen-bond donors (Lipinski definition) is 3. The number of anilines is 1. The zero-order chi connectivity index (χ0) is 14.1. The number of nitrogens with one attached hydrogen (secondary N) is 1. The molecule has 6 nitrogen and oxygen atoms in total. The van der Waals surface area contributed by atoms with Crippen molar-refractivity contribution in [1.29, 1.82) is 0 Å². The molecule has 1 aliphatic heterocycles. The van der Waals surface area contributed by atoms with Gasteiger partial charge in [0.15, 0.2) is 0 Å². The highest BCUT2D eigenvalue weighted by Crippen LogP contribution is 2.13. The Morgan fingerprint density at radius 1 is 1.11 bits per heavy atom. The van der Waals surface area contributed by atoms with Crippen LogP contribution in [0, 0.1) is 0 Å². The molecular formula is C13H14N2O4. The van der Waals surface area contributed by atoms with Crippen LogP contribution in [0.5, 0.6) is 0 Å². The molecular weight excluding hydrogens is 248 g/mol. The van der Waals surface area contributed by atoms with E-state index in [1.165, 1.54) is 0 Å². The number of para-hydroxylation sites is 1. The van der Waals surface area contributed by atoms with Gasteiger partial charge >= 0.3 is 11.9 Å². The van der Waals surface area contributed by atoms with E-state index in [2.05, 4.69) is 10.3 Å². The lowest BCUT2D eigenvalue weighted by molar-refractivity contribution is -0.143. The molecule has 3 N–H and O–H groups in total. The van der Waals surface area contributed by atoms with Crippen molar-refractivity contribution in [3.05, 3.63) is 42.2 Å². The van der Waals surface area contributed by atoms with E-state index in [9.17, 15) is 9.59 Å². The third kappa shape index (κ3) is 6.02. The number of aliphatic carboxylic acids is 2. The Hall–Kier alpha value is -2.63. The van der Waals surface area contributed by atoms with E-state index in [-0.39, 0.29) is 12.8 Å². The monoisotopic (exact) mass is 262 g/mol. The summed E-state index contributed by atoms with van der Waals surface area (Å²) in [5, 5.41) is 18.9. The summed E-state index contributed by atoms with van der Waals surface area (Å²) in [6, 6.07) is 8.05. The lowest BCUT2D eigenvalue weighted by atomic mass is 10.2. The summed E-state index contributed by atoms with van der Waals surface area (Å²) in [5.41, 5.74) is 2.22. The van der Waals surface area contributed by atoms with Crippen LogP contribution >= 0.6 is 0 Å². The largest absolute Gasteiger partial charge is 0.481 e. The standard InChI is InChI=1S/C9H8N2.C4H6O4/c1-2-4-9-8(3-1)7-10-5-6-11-9;5-3(6)1-2-4(7)8/h1-7,11H;1-2H2,(H,5,6)(H,7,8). The van der Waals surface area contributed by atoms with Crippen molar-refractivity contribution in [3.8, 4) is 0 Å². The van der Waals surface area contributed by atoms with Gasteiger partial charge < -0.3 is 15.5 Å². The summed E-state index contributed by atoms with van der Waals surface area (Å²) in [5.74, 6) is -2.15. The van der Waals surface area contributed by atoms with Crippen LogP contribution in [0.15, 0.2) is 41.7 Å². The quantitative estimate of drug-likeness (QED) is 0.773. The Kier molecular flexibility index (Phi) is 5.81. The predicted octanol–water partition coefficient (Wildman–Crippen LogP) is 1.94. The molecule has 0 unspecified atom stereocenters. The molecule has 100 valence electrons. The van der Waals surface area contributed by atoms with Gasteiger partial charge in [-0.25, -0.2) is 0 Å². The number of rotatable bonds is 3. The Balaban J connectivity index is 0.000000203. The Morgan fingerprint density at radius 2 is 1.74 bits per heavy atom. The maximum absolute atomic E-state index is 9.64. The summed E-state index contributed by atoms with van der Waals surface area (Å²) >= 11 is 0. The molecule has 0 fully saturated rings. The van der Waals surface area contributed by atoms with Crippen molar-refractivity contribution in [2.24, 2.45) is 4.99 Å². The number of benzene rings is 1. The van der Waals surface area contributed by atoms with Gasteiger partial charge in [-0.2, -0.15) is 0 Å². The second kappa shape index (κ2) is 7.65. The van der Waals surface area contributed by atoms with Crippen LogP contribution < -0.4 is 5.32 Å². The van der Waals surface area contributed by atoms with Crippen molar-refractivity contribution >= 4 is 23.8 Å². The fourth-order valence-corrected chi connectivity index (χ4v) is 1.25. The average Bonchev–Trinajstić information content (AvgIpc) is 2.62. The third-order valence-corrected chi connectivity index (χ3v) is 2.13. The van der Waals surface area contributed by atoms with Crippen LogP contribution in [-0.2, 0) is 9.59 Å². The molecule has 0 aliphatic carbocycles. The lowest BCUT2D eigenvalue weighted by Gasteiger charge is -2.01. The number of carboxylic acids is 2. The summed E-state index contributed by atoms with van der Waals surface area (Å²) in [4.78, 5) is 23.3. The fraction of sp³-hybridized carbons (Fsp3) is 0.154. The van der Waals surface area contributed by atoms with Crippen LogP contribution in [0.1, 0.15) is 18.4 Å². The van der Waals surface area contributed by atoms with Gasteiger partial charge in [-0.1, -0.05) is 18.2 Å². The molecule has 1 aromatic carbocycles. The lowest BCUT2D eigenvalue weighted by Crippen LogP contribution is -2.00. The highest BCUT2D eigenvalue weighted by atomic mass is 16.4.